The van der Waals surface area contributed by atoms with Gasteiger partial charge in [0.05, 0.1) is 11.8 Å². The van der Waals surface area contributed by atoms with Gasteiger partial charge in [-0.25, -0.2) is 0 Å². The average Bonchev–Trinajstić information content (AvgIpc) is 2.36. The highest BCUT2D eigenvalue weighted by Gasteiger charge is 2.30. The maximum Gasteiger partial charge on any atom is 0.227 e. The van der Waals surface area contributed by atoms with Crippen LogP contribution in [-0.2, 0) is 10.3 Å². The van der Waals surface area contributed by atoms with Crippen LogP contribution in [0.3, 0.4) is 0 Å². The topological polar surface area (TPSA) is 78.9 Å². The second-order valence-corrected chi connectivity index (χ2v) is 4.58. The fraction of sp³-hybridized carbons (Fsp3) is 0.333. The summed E-state index contributed by atoms with van der Waals surface area (Å²) in [5.41, 5.74) is 5.19. The van der Waals surface area contributed by atoms with Crippen LogP contribution in [0.5, 0.6) is 0 Å². The second-order valence-electron chi connectivity index (χ2n) is 3.59. The smallest absolute Gasteiger partial charge is 0.227 e. The minimum atomic E-state index is -0.776. The molecule has 4 nitrogen and oxygen atoms in total. The van der Waals surface area contributed by atoms with Crippen LogP contribution in [0.1, 0.15) is 5.56 Å². The van der Waals surface area contributed by atoms with Crippen molar-refractivity contribution in [3.8, 4) is 6.07 Å². The number of hydrogen-bond acceptors (Lipinski definition) is 4. The van der Waals surface area contributed by atoms with E-state index in [9.17, 15) is 10.1 Å². The van der Waals surface area contributed by atoms with Gasteiger partial charge in [-0.05, 0) is 12.6 Å². The number of primary amides is 1. The molecular weight excluding hydrogens is 234 g/mol. The van der Waals surface area contributed by atoms with Gasteiger partial charge in [0.25, 0.3) is 0 Å². The Hall–Kier alpha value is -1.51. The molecule has 1 atom stereocenters. The fourth-order valence-corrected chi connectivity index (χ4v) is 2.46. The van der Waals surface area contributed by atoms with Gasteiger partial charge in [0.2, 0.25) is 5.91 Å². The number of nitrogens with one attached hydrogen (secondary N) is 1. The van der Waals surface area contributed by atoms with E-state index in [2.05, 4.69) is 11.4 Å². The molecule has 0 aliphatic rings. The zero-order chi connectivity index (χ0) is 12.7. The standard InChI is InChI=1S/C12H15N3OS/c1-15-12(8-13,9-17-7-11(14)16)10-5-3-2-4-6-10/h2-6,15H,7,9H2,1H3,(H2,14,16). The molecule has 0 saturated heterocycles. The lowest BCUT2D eigenvalue weighted by atomic mass is 9.94. The molecule has 0 aliphatic carbocycles. The molecule has 1 amide bonds. The van der Waals surface area contributed by atoms with Crippen LogP contribution in [0.15, 0.2) is 30.3 Å². The largest absolute Gasteiger partial charge is 0.369 e. The summed E-state index contributed by atoms with van der Waals surface area (Å²) in [7, 11) is 1.74. The number of nitrogens with zero attached hydrogens (tertiary/aromatic N) is 1. The number of carbonyl (C=O) groups is 1. The molecule has 0 aromatic heterocycles. The van der Waals surface area contributed by atoms with Gasteiger partial charge in [0, 0.05) is 5.75 Å². The van der Waals surface area contributed by atoms with E-state index in [1.165, 1.54) is 11.8 Å². The molecule has 1 aromatic rings. The van der Waals surface area contributed by atoms with Crippen molar-refractivity contribution in [1.82, 2.24) is 5.32 Å². The van der Waals surface area contributed by atoms with E-state index in [4.69, 9.17) is 5.73 Å². The summed E-state index contributed by atoms with van der Waals surface area (Å²) in [5.74, 6) is 0.330. The van der Waals surface area contributed by atoms with Crippen molar-refractivity contribution in [1.29, 1.82) is 5.26 Å². The highest BCUT2D eigenvalue weighted by Crippen LogP contribution is 2.24. The van der Waals surface area contributed by atoms with Crippen molar-refractivity contribution >= 4 is 17.7 Å². The quantitative estimate of drug-likeness (QED) is 0.783. The minimum absolute atomic E-state index is 0.220. The summed E-state index contributed by atoms with van der Waals surface area (Å²) in [6, 6.07) is 11.7. The number of amides is 1. The first-order chi connectivity index (χ1) is 8.14. The minimum Gasteiger partial charge on any atom is -0.369 e. The Balaban J connectivity index is 2.83. The van der Waals surface area contributed by atoms with Crippen molar-refractivity contribution in [2.45, 2.75) is 5.54 Å². The fourth-order valence-electron chi connectivity index (χ4n) is 1.48. The first-order valence-corrected chi connectivity index (χ1v) is 6.32. The van der Waals surface area contributed by atoms with E-state index in [0.29, 0.717) is 5.75 Å². The van der Waals surface area contributed by atoms with Gasteiger partial charge < -0.3 is 5.73 Å². The lowest BCUT2D eigenvalue weighted by molar-refractivity contribution is -0.115. The molecule has 0 heterocycles. The molecule has 3 N–H and O–H groups in total. The van der Waals surface area contributed by atoms with Gasteiger partial charge in [-0.2, -0.15) is 5.26 Å². The number of hydrogen-bond donors (Lipinski definition) is 2. The van der Waals surface area contributed by atoms with Gasteiger partial charge in [-0.3, -0.25) is 10.1 Å². The molecule has 0 radical (unpaired) electrons. The molecule has 1 unspecified atom stereocenters. The lowest BCUT2D eigenvalue weighted by Crippen LogP contribution is -2.41. The van der Waals surface area contributed by atoms with Crippen LogP contribution in [0, 0.1) is 11.3 Å². The Morgan fingerprint density at radius 2 is 2.18 bits per heavy atom. The Kier molecular flexibility index (Phi) is 5.01. The molecule has 0 aliphatic heterocycles. The van der Waals surface area contributed by atoms with Gasteiger partial charge in [0.1, 0.15) is 5.54 Å². The van der Waals surface area contributed by atoms with E-state index in [-0.39, 0.29) is 11.7 Å². The number of rotatable bonds is 6. The zero-order valence-corrected chi connectivity index (χ0v) is 10.5. The van der Waals surface area contributed by atoms with E-state index >= 15 is 0 Å². The van der Waals surface area contributed by atoms with Crippen LogP contribution in [0.25, 0.3) is 0 Å². The molecule has 1 rings (SSSR count). The summed E-state index contributed by atoms with van der Waals surface area (Å²) in [6.45, 7) is 0. The van der Waals surface area contributed by atoms with Gasteiger partial charge >= 0.3 is 0 Å². The highest BCUT2D eigenvalue weighted by atomic mass is 32.2. The summed E-state index contributed by atoms with van der Waals surface area (Å²) < 4.78 is 0. The maximum atomic E-state index is 10.7. The van der Waals surface area contributed by atoms with E-state index in [1.807, 2.05) is 30.3 Å². The van der Waals surface area contributed by atoms with Gasteiger partial charge in [-0.15, -0.1) is 11.8 Å². The van der Waals surface area contributed by atoms with Crippen molar-refractivity contribution in [3.63, 3.8) is 0 Å². The highest BCUT2D eigenvalue weighted by molar-refractivity contribution is 8.00. The normalized spacial score (nSPS) is 13.6. The molecule has 90 valence electrons. The number of nitrogens with two attached hydrogens (primary N) is 1. The Morgan fingerprint density at radius 3 is 2.65 bits per heavy atom. The third kappa shape index (κ3) is 3.48. The predicted octanol–water partition coefficient (Wildman–Crippen LogP) is 0.843. The summed E-state index contributed by atoms with van der Waals surface area (Å²) in [5, 5.41) is 12.4. The summed E-state index contributed by atoms with van der Waals surface area (Å²) >= 11 is 1.35. The Labute approximate surface area is 105 Å². The van der Waals surface area contributed by atoms with E-state index in [1.54, 1.807) is 7.05 Å². The maximum absolute atomic E-state index is 10.7. The zero-order valence-electron chi connectivity index (χ0n) is 9.64. The number of carbonyl (C=O) groups excluding carboxylic acids is 1. The Bertz CT molecular complexity index is 416. The molecule has 17 heavy (non-hydrogen) atoms. The molecule has 0 bridgehead atoms. The third-order valence-electron chi connectivity index (χ3n) is 2.45. The van der Waals surface area contributed by atoms with E-state index in [0.717, 1.165) is 5.56 Å². The average molecular weight is 249 g/mol. The molecule has 0 spiro atoms. The first-order valence-electron chi connectivity index (χ1n) is 5.16. The molecule has 1 aromatic carbocycles. The molecule has 0 saturated carbocycles. The summed E-state index contributed by atoms with van der Waals surface area (Å²) in [4.78, 5) is 10.7. The SMILES string of the molecule is CNC(C#N)(CSCC(N)=O)c1ccccc1. The first kappa shape index (κ1) is 13.6. The van der Waals surface area contributed by atoms with Crippen molar-refractivity contribution in [2.24, 2.45) is 5.73 Å². The van der Waals surface area contributed by atoms with Crippen molar-refractivity contribution in [3.05, 3.63) is 35.9 Å². The van der Waals surface area contributed by atoms with Crippen LogP contribution in [0.2, 0.25) is 0 Å². The number of nitriles is 1. The number of benzene rings is 1. The molecule has 0 fully saturated rings. The number of thioether (sulfide) groups is 1. The Morgan fingerprint density at radius 1 is 1.53 bits per heavy atom. The van der Waals surface area contributed by atoms with Crippen molar-refractivity contribution in [2.75, 3.05) is 18.6 Å². The lowest BCUT2D eigenvalue weighted by Gasteiger charge is -2.26. The molecule has 5 heteroatoms. The van der Waals surface area contributed by atoms with E-state index < -0.39 is 5.54 Å². The van der Waals surface area contributed by atoms with Crippen LogP contribution in [-0.4, -0.2) is 24.5 Å². The second kappa shape index (κ2) is 6.28. The van der Waals surface area contributed by atoms with Crippen LogP contribution >= 0.6 is 11.8 Å². The van der Waals surface area contributed by atoms with Gasteiger partial charge in [0.15, 0.2) is 0 Å². The monoisotopic (exact) mass is 249 g/mol. The predicted molar refractivity (Wildman–Crippen MR) is 69.3 cm³/mol. The van der Waals surface area contributed by atoms with Crippen LogP contribution in [0.4, 0.5) is 0 Å². The summed E-state index contributed by atoms with van der Waals surface area (Å²) in [6.07, 6.45) is 0. The molecular formula is C12H15N3OS. The van der Waals surface area contributed by atoms with Crippen LogP contribution < -0.4 is 11.1 Å². The van der Waals surface area contributed by atoms with Gasteiger partial charge in [-0.1, -0.05) is 30.3 Å². The third-order valence-corrected chi connectivity index (χ3v) is 3.57. The van der Waals surface area contributed by atoms with Crippen molar-refractivity contribution < 1.29 is 4.79 Å².